The summed E-state index contributed by atoms with van der Waals surface area (Å²) in [6.45, 7) is 0. The predicted octanol–water partition coefficient (Wildman–Crippen LogP) is 13.9. The molecular weight excluding hydrogens is 689 g/mol. The molecule has 0 atom stereocenters. The monoisotopic (exact) mass is 724 g/mol. The van der Waals surface area contributed by atoms with Gasteiger partial charge in [0.25, 0.3) is 0 Å². The van der Waals surface area contributed by atoms with E-state index in [1.807, 2.05) is 0 Å². The molecule has 0 saturated carbocycles. The van der Waals surface area contributed by atoms with E-state index in [0.717, 1.165) is 5.69 Å². The van der Waals surface area contributed by atoms with E-state index in [1.165, 1.54) is 93.8 Å². The summed E-state index contributed by atoms with van der Waals surface area (Å²) < 4.78 is 4.83. The Bertz CT molecular complexity index is 3280. The maximum atomic E-state index is 2.50. The molecule has 2 nitrogen and oxygen atoms in total. The minimum Gasteiger partial charge on any atom is -0.309 e. The van der Waals surface area contributed by atoms with Gasteiger partial charge in [-0.25, -0.2) is 0 Å². The number of hydrogen-bond donors (Lipinski definition) is 0. The van der Waals surface area contributed by atoms with E-state index in [0.29, 0.717) is 0 Å². The zero-order chi connectivity index (χ0) is 37.5. The highest BCUT2D eigenvalue weighted by molar-refractivity contribution is 6.12. The van der Waals surface area contributed by atoms with Crippen molar-refractivity contribution in [1.29, 1.82) is 0 Å². The molecule has 0 aliphatic heterocycles. The van der Waals surface area contributed by atoms with Gasteiger partial charge in [0.05, 0.1) is 27.5 Å². The van der Waals surface area contributed by atoms with Gasteiger partial charge in [0.15, 0.2) is 0 Å². The van der Waals surface area contributed by atoms with Crippen molar-refractivity contribution in [2.75, 3.05) is 0 Å². The summed E-state index contributed by atoms with van der Waals surface area (Å²) in [6, 6.07) is 80.4. The summed E-state index contributed by atoms with van der Waals surface area (Å²) in [5, 5.41) is 5.04. The van der Waals surface area contributed by atoms with Crippen molar-refractivity contribution in [1.82, 2.24) is 9.13 Å². The Morgan fingerprint density at radius 3 is 1.44 bits per heavy atom. The first-order valence-electron chi connectivity index (χ1n) is 19.8. The average Bonchev–Trinajstić information content (AvgIpc) is 3.90. The van der Waals surface area contributed by atoms with E-state index < -0.39 is 5.41 Å². The maximum Gasteiger partial charge on any atom is 0.0713 e. The van der Waals surface area contributed by atoms with Gasteiger partial charge >= 0.3 is 0 Å². The summed E-state index contributed by atoms with van der Waals surface area (Å²) in [5.74, 6) is 0. The van der Waals surface area contributed by atoms with Crippen LogP contribution in [0, 0.1) is 0 Å². The SMILES string of the molecule is c1ccc(-n2c3ccccc3c3cc(-c4ccc(-n5c6ccccc6c6cc7c(cc65)-c5ccccc5C7(c5ccccc5)c5ccccc5)cc4)ccc32)cc1. The second kappa shape index (κ2) is 12.3. The number of benzene rings is 9. The summed E-state index contributed by atoms with van der Waals surface area (Å²) in [5.41, 5.74) is 16.9. The Hall–Kier alpha value is -7.42. The first kappa shape index (κ1) is 31.9. The van der Waals surface area contributed by atoms with Crippen LogP contribution in [0.2, 0.25) is 0 Å². The second-order valence-corrected chi connectivity index (χ2v) is 15.3. The Morgan fingerprint density at radius 1 is 0.281 bits per heavy atom. The third-order valence-electron chi connectivity index (χ3n) is 12.4. The Labute approximate surface area is 331 Å². The molecule has 12 rings (SSSR count). The number of nitrogens with zero attached hydrogens (tertiary/aromatic N) is 2. The van der Waals surface area contributed by atoms with Gasteiger partial charge in [-0.05, 0) is 105 Å². The largest absolute Gasteiger partial charge is 0.309 e. The lowest BCUT2D eigenvalue weighted by Crippen LogP contribution is -2.28. The minimum atomic E-state index is -0.442. The molecule has 0 unspecified atom stereocenters. The molecule has 0 N–H and O–H groups in total. The number of hydrogen-bond acceptors (Lipinski definition) is 0. The lowest BCUT2D eigenvalue weighted by Gasteiger charge is -2.33. The number of para-hydroxylation sites is 3. The van der Waals surface area contributed by atoms with Crippen LogP contribution < -0.4 is 0 Å². The summed E-state index contributed by atoms with van der Waals surface area (Å²) in [6.07, 6.45) is 0. The first-order valence-corrected chi connectivity index (χ1v) is 19.8. The van der Waals surface area contributed by atoms with Crippen LogP contribution in [0.15, 0.2) is 218 Å². The quantitative estimate of drug-likeness (QED) is 0.167. The van der Waals surface area contributed by atoms with Gasteiger partial charge in [-0.15, -0.1) is 0 Å². The van der Waals surface area contributed by atoms with Crippen LogP contribution in [-0.2, 0) is 5.41 Å². The third-order valence-corrected chi connectivity index (χ3v) is 12.4. The molecule has 57 heavy (non-hydrogen) atoms. The summed E-state index contributed by atoms with van der Waals surface area (Å²) in [7, 11) is 0. The predicted molar refractivity (Wildman–Crippen MR) is 238 cm³/mol. The van der Waals surface area contributed by atoms with Crippen LogP contribution in [0.25, 0.3) is 77.2 Å². The van der Waals surface area contributed by atoms with E-state index in [1.54, 1.807) is 0 Å². The molecule has 0 spiro atoms. The summed E-state index contributed by atoms with van der Waals surface area (Å²) in [4.78, 5) is 0. The highest BCUT2D eigenvalue weighted by Crippen LogP contribution is 2.57. The van der Waals surface area contributed by atoms with Crippen LogP contribution in [0.3, 0.4) is 0 Å². The van der Waals surface area contributed by atoms with Gasteiger partial charge in [0, 0.05) is 32.9 Å². The molecule has 2 heterocycles. The molecule has 266 valence electrons. The zero-order valence-corrected chi connectivity index (χ0v) is 31.2. The highest BCUT2D eigenvalue weighted by atomic mass is 15.0. The molecule has 0 bridgehead atoms. The summed E-state index contributed by atoms with van der Waals surface area (Å²) >= 11 is 0. The molecule has 2 heteroatoms. The van der Waals surface area contributed by atoms with Crippen molar-refractivity contribution in [2.45, 2.75) is 5.41 Å². The number of aromatic nitrogens is 2. The standard InChI is InChI=1S/C55H36N2/c1-4-16-39(17-5-1)55(40-18-6-2-7-19-40)49-25-13-10-22-43(49)46-36-54-48(35-50(46)55)45-24-12-15-27-52(45)57(54)42-31-28-37(29-32-42)38-30-33-53-47(34-38)44-23-11-14-26-51(44)56(53)41-20-8-3-9-21-41/h1-36H. The molecule has 9 aromatic carbocycles. The Morgan fingerprint density at radius 2 is 0.772 bits per heavy atom. The maximum absolute atomic E-state index is 2.50. The fraction of sp³-hybridized carbons (Fsp3) is 0.0182. The normalized spacial score (nSPS) is 13.1. The molecular formula is C55H36N2. The van der Waals surface area contributed by atoms with Crippen LogP contribution in [0.4, 0.5) is 0 Å². The van der Waals surface area contributed by atoms with Gasteiger partial charge in [0.2, 0.25) is 0 Å². The van der Waals surface area contributed by atoms with Crippen LogP contribution >= 0.6 is 0 Å². The van der Waals surface area contributed by atoms with E-state index in [2.05, 4.69) is 228 Å². The first-order chi connectivity index (χ1) is 28.3. The fourth-order valence-corrected chi connectivity index (χ4v) is 9.99. The fourth-order valence-electron chi connectivity index (χ4n) is 9.99. The molecule has 0 fully saturated rings. The van der Waals surface area contributed by atoms with E-state index in [-0.39, 0.29) is 0 Å². The molecule has 1 aliphatic carbocycles. The van der Waals surface area contributed by atoms with Gasteiger partial charge in [0.1, 0.15) is 0 Å². The minimum absolute atomic E-state index is 0.442. The van der Waals surface area contributed by atoms with Crippen molar-refractivity contribution in [3.63, 3.8) is 0 Å². The van der Waals surface area contributed by atoms with Crippen molar-refractivity contribution >= 4 is 43.6 Å². The molecule has 11 aromatic rings. The average molecular weight is 725 g/mol. The number of rotatable bonds is 5. The Kier molecular flexibility index (Phi) is 6.88. The van der Waals surface area contributed by atoms with Gasteiger partial charge in [-0.2, -0.15) is 0 Å². The van der Waals surface area contributed by atoms with Crippen LogP contribution in [0.5, 0.6) is 0 Å². The van der Waals surface area contributed by atoms with E-state index in [4.69, 9.17) is 0 Å². The van der Waals surface area contributed by atoms with E-state index in [9.17, 15) is 0 Å². The van der Waals surface area contributed by atoms with Crippen molar-refractivity contribution in [3.05, 3.63) is 241 Å². The van der Waals surface area contributed by atoms with Crippen LogP contribution in [0.1, 0.15) is 22.3 Å². The molecule has 1 aliphatic rings. The van der Waals surface area contributed by atoms with Gasteiger partial charge < -0.3 is 9.13 Å². The van der Waals surface area contributed by atoms with Crippen LogP contribution in [-0.4, -0.2) is 9.13 Å². The van der Waals surface area contributed by atoms with Crippen molar-refractivity contribution in [2.24, 2.45) is 0 Å². The lowest BCUT2D eigenvalue weighted by atomic mass is 9.67. The lowest BCUT2D eigenvalue weighted by molar-refractivity contribution is 0.769. The molecule has 2 aromatic heterocycles. The van der Waals surface area contributed by atoms with Crippen molar-refractivity contribution < 1.29 is 0 Å². The topological polar surface area (TPSA) is 9.86 Å². The highest BCUT2D eigenvalue weighted by Gasteiger charge is 2.46. The smallest absolute Gasteiger partial charge is 0.0713 e. The van der Waals surface area contributed by atoms with Gasteiger partial charge in [-0.1, -0.05) is 158 Å². The Balaban J connectivity index is 1.04. The molecule has 0 amide bonds. The zero-order valence-electron chi connectivity index (χ0n) is 31.2. The molecule has 0 saturated heterocycles. The third kappa shape index (κ3) is 4.53. The second-order valence-electron chi connectivity index (χ2n) is 15.3. The van der Waals surface area contributed by atoms with Gasteiger partial charge in [-0.3, -0.25) is 0 Å². The van der Waals surface area contributed by atoms with Crippen molar-refractivity contribution in [3.8, 4) is 33.6 Å². The number of fused-ring (bicyclic) bond motifs is 9. The molecule has 0 radical (unpaired) electrons. The van der Waals surface area contributed by atoms with E-state index >= 15 is 0 Å².